The van der Waals surface area contributed by atoms with Crippen LogP contribution in [-0.2, 0) is 11.3 Å². The van der Waals surface area contributed by atoms with Crippen molar-refractivity contribution in [1.29, 1.82) is 0 Å². The van der Waals surface area contributed by atoms with Crippen molar-refractivity contribution in [2.45, 2.75) is 12.6 Å². The quantitative estimate of drug-likeness (QED) is 0.779. The van der Waals surface area contributed by atoms with Gasteiger partial charge in [0.2, 0.25) is 0 Å². The molecular formula is C13H22BrN5O2. The van der Waals surface area contributed by atoms with Crippen LogP contribution in [0.5, 0.6) is 0 Å². The summed E-state index contributed by atoms with van der Waals surface area (Å²) in [7, 11) is 3.93. The summed E-state index contributed by atoms with van der Waals surface area (Å²) in [5.41, 5.74) is 6.36. The molecule has 118 valence electrons. The van der Waals surface area contributed by atoms with E-state index in [9.17, 15) is 4.79 Å². The van der Waals surface area contributed by atoms with Crippen LogP contribution in [0.2, 0.25) is 0 Å². The number of morpholine rings is 1. The van der Waals surface area contributed by atoms with Crippen LogP contribution in [0.1, 0.15) is 0 Å². The molecule has 1 saturated heterocycles. The topological polar surface area (TPSA) is 76.6 Å². The number of anilines is 1. The standard InChI is InChI=1S/C13H22BrN5O2/c1-17(2)3-4-19-13(20)12(14)11(8-16-19)18-5-6-21-10(7-15)9-18/h8,10H,3-7,9,15H2,1-2H3. The molecule has 1 aliphatic heterocycles. The number of nitrogens with zero attached hydrogens (tertiary/aromatic N) is 4. The molecule has 21 heavy (non-hydrogen) atoms. The summed E-state index contributed by atoms with van der Waals surface area (Å²) in [6.45, 7) is 3.83. The fourth-order valence-electron chi connectivity index (χ4n) is 2.21. The van der Waals surface area contributed by atoms with Crippen LogP contribution in [0.25, 0.3) is 0 Å². The zero-order valence-corrected chi connectivity index (χ0v) is 14.0. The van der Waals surface area contributed by atoms with Gasteiger partial charge in [0.25, 0.3) is 5.56 Å². The first-order chi connectivity index (χ1) is 10.0. The van der Waals surface area contributed by atoms with Crippen LogP contribution < -0.4 is 16.2 Å². The van der Waals surface area contributed by atoms with E-state index in [1.54, 1.807) is 6.20 Å². The first-order valence-corrected chi connectivity index (χ1v) is 7.79. The van der Waals surface area contributed by atoms with Gasteiger partial charge in [0.15, 0.2) is 0 Å². The highest BCUT2D eigenvalue weighted by Crippen LogP contribution is 2.23. The third-order valence-corrected chi connectivity index (χ3v) is 4.21. The maximum Gasteiger partial charge on any atom is 0.283 e. The highest BCUT2D eigenvalue weighted by molar-refractivity contribution is 9.10. The van der Waals surface area contributed by atoms with E-state index >= 15 is 0 Å². The number of halogens is 1. The number of aromatic nitrogens is 2. The van der Waals surface area contributed by atoms with E-state index in [1.807, 2.05) is 19.0 Å². The van der Waals surface area contributed by atoms with Crippen molar-refractivity contribution < 1.29 is 4.74 Å². The van der Waals surface area contributed by atoms with Crippen LogP contribution in [0.15, 0.2) is 15.5 Å². The van der Waals surface area contributed by atoms with Crippen molar-refractivity contribution in [2.75, 3.05) is 51.8 Å². The minimum Gasteiger partial charge on any atom is -0.373 e. The Kier molecular flexibility index (Phi) is 5.74. The smallest absolute Gasteiger partial charge is 0.283 e. The van der Waals surface area contributed by atoms with Gasteiger partial charge in [-0.15, -0.1) is 0 Å². The Morgan fingerprint density at radius 3 is 3.00 bits per heavy atom. The average molecular weight is 360 g/mol. The van der Waals surface area contributed by atoms with Crippen LogP contribution in [0.4, 0.5) is 5.69 Å². The second-order valence-corrected chi connectivity index (χ2v) is 6.14. The molecule has 0 amide bonds. The molecule has 8 heteroatoms. The molecule has 1 unspecified atom stereocenters. The van der Waals surface area contributed by atoms with Crippen molar-refractivity contribution in [1.82, 2.24) is 14.7 Å². The van der Waals surface area contributed by atoms with Gasteiger partial charge in [0.05, 0.1) is 31.1 Å². The third kappa shape index (κ3) is 4.03. The predicted octanol–water partition coefficient (Wildman–Crippen LogP) is -0.269. The Bertz CT molecular complexity index is 534. The maximum atomic E-state index is 12.3. The van der Waals surface area contributed by atoms with Gasteiger partial charge < -0.3 is 20.3 Å². The predicted molar refractivity (Wildman–Crippen MR) is 85.8 cm³/mol. The molecule has 1 atom stereocenters. The Morgan fingerprint density at radius 2 is 2.33 bits per heavy atom. The molecule has 1 aliphatic rings. The van der Waals surface area contributed by atoms with E-state index < -0.39 is 0 Å². The normalized spacial score (nSPS) is 19.3. The average Bonchev–Trinajstić information content (AvgIpc) is 2.48. The molecule has 0 aliphatic carbocycles. The lowest BCUT2D eigenvalue weighted by molar-refractivity contribution is 0.0465. The largest absolute Gasteiger partial charge is 0.373 e. The number of nitrogens with two attached hydrogens (primary N) is 1. The molecule has 0 aromatic carbocycles. The molecule has 7 nitrogen and oxygen atoms in total. The maximum absolute atomic E-state index is 12.3. The Balaban J connectivity index is 2.18. The lowest BCUT2D eigenvalue weighted by Crippen LogP contribution is -2.46. The van der Waals surface area contributed by atoms with Gasteiger partial charge in [-0.25, -0.2) is 4.68 Å². The lowest BCUT2D eigenvalue weighted by Gasteiger charge is -2.34. The van der Waals surface area contributed by atoms with Gasteiger partial charge in [-0.1, -0.05) is 0 Å². The molecule has 1 aromatic heterocycles. The Morgan fingerprint density at radius 1 is 1.57 bits per heavy atom. The highest BCUT2D eigenvalue weighted by Gasteiger charge is 2.22. The van der Waals surface area contributed by atoms with E-state index in [4.69, 9.17) is 10.5 Å². The minimum absolute atomic E-state index is 0.00169. The van der Waals surface area contributed by atoms with Crippen LogP contribution in [-0.4, -0.2) is 67.7 Å². The van der Waals surface area contributed by atoms with E-state index in [1.165, 1.54) is 4.68 Å². The number of ether oxygens (including phenoxy) is 1. The zero-order chi connectivity index (χ0) is 15.4. The van der Waals surface area contributed by atoms with Crippen molar-refractivity contribution in [3.8, 4) is 0 Å². The van der Waals surface area contributed by atoms with Gasteiger partial charge >= 0.3 is 0 Å². The van der Waals surface area contributed by atoms with Crippen molar-refractivity contribution in [3.63, 3.8) is 0 Å². The molecule has 0 spiro atoms. The van der Waals surface area contributed by atoms with E-state index in [0.29, 0.717) is 30.7 Å². The van der Waals surface area contributed by atoms with Crippen LogP contribution >= 0.6 is 15.9 Å². The molecule has 1 fully saturated rings. The number of likely N-dealkylation sites (N-methyl/N-ethyl adjacent to an activating group) is 1. The molecule has 0 bridgehead atoms. The van der Waals surface area contributed by atoms with Crippen molar-refractivity contribution in [2.24, 2.45) is 5.73 Å². The summed E-state index contributed by atoms with van der Waals surface area (Å²) in [4.78, 5) is 16.5. The second-order valence-electron chi connectivity index (χ2n) is 5.35. The molecule has 0 saturated carbocycles. The highest BCUT2D eigenvalue weighted by atomic mass is 79.9. The molecular weight excluding hydrogens is 338 g/mol. The lowest BCUT2D eigenvalue weighted by atomic mass is 10.2. The summed E-state index contributed by atoms with van der Waals surface area (Å²) in [6, 6.07) is 0. The van der Waals surface area contributed by atoms with Gasteiger partial charge in [0, 0.05) is 26.2 Å². The Labute approximate surface area is 132 Å². The first-order valence-electron chi connectivity index (χ1n) is 7.00. The fraction of sp³-hybridized carbons (Fsp3) is 0.692. The summed E-state index contributed by atoms with van der Waals surface area (Å²) in [5, 5.41) is 4.27. The monoisotopic (exact) mass is 359 g/mol. The summed E-state index contributed by atoms with van der Waals surface area (Å²) in [6.07, 6.45) is 1.74. The number of hydrogen-bond acceptors (Lipinski definition) is 6. The Hall–Kier alpha value is -0.960. The van der Waals surface area contributed by atoms with Gasteiger partial charge in [-0.05, 0) is 30.0 Å². The van der Waals surface area contributed by atoms with Crippen molar-refractivity contribution in [3.05, 3.63) is 21.0 Å². The first kappa shape index (κ1) is 16.4. The van der Waals surface area contributed by atoms with Gasteiger partial charge in [0.1, 0.15) is 4.47 Å². The van der Waals surface area contributed by atoms with E-state index in [-0.39, 0.29) is 11.7 Å². The van der Waals surface area contributed by atoms with E-state index in [0.717, 1.165) is 18.8 Å². The van der Waals surface area contributed by atoms with Gasteiger partial charge in [-0.2, -0.15) is 5.10 Å². The SMILES string of the molecule is CN(C)CCn1ncc(N2CCOC(CN)C2)c(Br)c1=O. The fourth-order valence-corrected chi connectivity index (χ4v) is 2.77. The van der Waals surface area contributed by atoms with Crippen LogP contribution in [0, 0.1) is 0 Å². The molecule has 0 radical (unpaired) electrons. The summed E-state index contributed by atoms with van der Waals surface area (Å²) >= 11 is 3.41. The van der Waals surface area contributed by atoms with Crippen LogP contribution in [0.3, 0.4) is 0 Å². The van der Waals surface area contributed by atoms with E-state index in [2.05, 4.69) is 25.9 Å². The second kappa shape index (κ2) is 7.35. The minimum atomic E-state index is -0.106. The summed E-state index contributed by atoms with van der Waals surface area (Å²) < 4.78 is 7.58. The van der Waals surface area contributed by atoms with Gasteiger partial charge in [-0.3, -0.25) is 4.79 Å². The number of rotatable bonds is 5. The summed E-state index contributed by atoms with van der Waals surface area (Å²) in [5.74, 6) is 0. The zero-order valence-electron chi connectivity index (χ0n) is 12.5. The molecule has 2 N–H and O–H groups in total. The van der Waals surface area contributed by atoms with Crippen molar-refractivity contribution >= 4 is 21.6 Å². The number of hydrogen-bond donors (Lipinski definition) is 1. The molecule has 1 aromatic rings. The molecule has 2 heterocycles. The third-order valence-electron chi connectivity index (χ3n) is 3.47. The molecule has 2 rings (SSSR count).